The van der Waals surface area contributed by atoms with Gasteiger partial charge < -0.3 is 10.1 Å². The van der Waals surface area contributed by atoms with Crippen LogP contribution in [0.2, 0.25) is 0 Å². The summed E-state index contributed by atoms with van der Waals surface area (Å²) in [4.78, 5) is 16.5. The molecular formula is C5H6N2O2. The molecule has 0 spiro atoms. The highest BCUT2D eigenvalue weighted by Gasteiger charge is 1.92. The molecule has 48 valence electrons. The third kappa shape index (κ3) is 1.14. The molecule has 0 bridgehead atoms. The molecule has 0 aliphatic rings. The predicted molar refractivity (Wildman–Crippen MR) is 30.8 cm³/mol. The van der Waals surface area contributed by atoms with E-state index in [1.165, 1.54) is 12.5 Å². The van der Waals surface area contributed by atoms with Gasteiger partial charge in [0.2, 0.25) is 0 Å². The van der Waals surface area contributed by atoms with Gasteiger partial charge in [0.1, 0.15) is 0 Å². The first-order valence-corrected chi connectivity index (χ1v) is 2.47. The Kier molecular flexibility index (Phi) is 1.60. The molecule has 2 N–H and O–H groups in total. The van der Waals surface area contributed by atoms with E-state index < -0.39 is 0 Å². The van der Waals surface area contributed by atoms with E-state index in [0.717, 1.165) is 0 Å². The molecule has 1 heterocycles. The largest absolute Gasteiger partial charge is 0.391 e. The Morgan fingerprint density at radius 2 is 2.56 bits per heavy atom. The van der Waals surface area contributed by atoms with Gasteiger partial charge in [-0.2, -0.15) is 0 Å². The summed E-state index contributed by atoms with van der Waals surface area (Å²) in [5.74, 6) is 0. The SMILES string of the molecule is O=c1[nH]cncc1CO. The highest BCUT2D eigenvalue weighted by molar-refractivity contribution is 5.00. The third-order valence-corrected chi connectivity index (χ3v) is 0.963. The molecule has 1 aromatic heterocycles. The van der Waals surface area contributed by atoms with Crippen LogP contribution >= 0.6 is 0 Å². The molecule has 0 aliphatic carbocycles. The van der Waals surface area contributed by atoms with Crippen molar-refractivity contribution in [1.29, 1.82) is 0 Å². The van der Waals surface area contributed by atoms with Gasteiger partial charge in [-0.1, -0.05) is 0 Å². The minimum atomic E-state index is -0.285. The summed E-state index contributed by atoms with van der Waals surface area (Å²) in [6, 6.07) is 0. The molecule has 9 heavy (non-hydrogen) atoms. The van der Waals surface area contributed by atoms with Crippen molar-refractivity contribution in [2.75, 3.05) is 0 Å². The van der Waals surface area contributed by atoms with Gasteiger partial charge in [0.15, 0.2) is 0 Å². The number of aliphatic hydroxyl groups is 1. The van der Waals surface area contributed by atoms with Crippen LogP contribution in [0.25, 0.3) is 0 Å². The quantitative estimate of drug-likeness (QED) is 0.521. The standard InChI is InChI=1S/C5H6N2O2/c8-2-4-1-6-3-7-5(4)9/h1,3,8H,2H2,(H,6,7,9). The van der Waals surface area contributed by atoms with Gasteiger partial charge in [-0.15, -0.1) is 0 Å². The molecule has 0 aliphatic heterocycles. The first-order valence-electron chi connectivity index (χ1n) is 2.47. The second kappa shape index (κ2) is 2.41. The maximum absolute atomic E-state index is 10.6. The molecular weight excluding hydrogens is 120 g/mol. The number of aromatic nitrogens is 2. The fourth-order valence-corrected chi connectivity index (χ4v) is 0.487. The van der Waals surface area contributed by atoms with Crippen LogP contribution in [0, 0.1) is 0 Å². The molecule has 4 nitrogen and oxygen atoms in total. The number of hydrogen-bond acceptors (Lipinski definition) is 3. The highest BCUT2D eigenvalue weighted by Crippen LogP contribution is 1.81. The number of H-pyrrole nitrogens is 1. The maximum atomic E-state index is 10.6. The fraction of sp³-hybridized carbons (Fsp3) is 0.200. The average molecular weight is 126 g/mol. The minimum absolute atomic E-state index is 0.261. The normalized spacial score (nSPS) is 9.44. The van der Waals surface area contributed by atoms with Crippen molar-refractivity contribution in [2.45, 2.75) is 6.61 Å². The fourth-order valence-electron chi connectivity index (χ4n) is 0.487. The second-order valence-corrected chi connectivity index (χ2v) is 1.56. The smallest absolute Gasteiger partial charge is 0.256 e. The number of aromatic amines is 1. The van der Waals surface area contributed by atoms with Gasteiger partial charge in [-0.25, -0.2) is 4.98 Å². The summed E-state index contributed by atoms with van der Waals surface area (Å²) in [7, 11) is 0. The van der Waals surface area contributed by atoms with Crippen molar-refractivity contribution in [3.05, 3.63) is 28.4 Å². The van der Waals surface area contributed by atoms with Crippen molar-refractivity contribution in [3.8, 4) is 0 Å². The van der Waals surface area contributed by atoms with Gasteiger partial charge in [0.05, 0.1) is 18.5 Å². The van der Waals surface area contributed by atoms with E-state index >= 15 is 0 Å². The van der Waals surface area contributed by atoms with Crippen LogP contribution < -0.4 is 5.56 Å². The Bertz CT molecular complexity index is 243. The summed E-state index contributed by atoms with van der Waals surface area (Å²) < 4.78 is 0. The van der Waals surface area contributed by atoms with Crippen molar-refractivity contribution < 1.29 is 5.11 Å². The molecule has 0 radical (unpaired) electrons. The molecule has 0 aromatic carbocycles. The summed E-state index contributed by atoms with van der Waals surface area (Å²) >= 11 is 0. The molecule has 1 aromatic rings. The zero-order chi connectivity index (χ0) is 6.69. The van der Waals surface area contributed by atoms with E-state index in [1.54, 1.807) is 0 Å². The van der Waals surface area contributed by atoms with Crippen LogP contribution in [0.4, 0.5) is 0 Å². The van der Waals surface area contributed by atoms with Gasteiger partial charge in [0.25, 0.3) is 5.56 Å². The molecule has 0 saturated heterocycles. The second-order valence-electron chi connectivity index (χ2n) is 1.56. The van der Waals surface area contributed by atoms with Gasteiger partial charge in [0, 0.05) is 6.20 Å². The maximum Gasteiger partial charge on any atom is 0.256 e. The molecule has 4 heteroatoms. The Labute approximate surface area is 51.2 Å². The first kappa shape index (κ1) is 5.97. The van der Waals surface area contributed by atoms with Crippen LogP contribution in [0.15, 0.2) is 17.3 Å². The Morgan fingerprint density at radius 3 is 3.00 bits per heavy atom. The van der Waals surface area contributed by atoms with E-state index in [2.05, 4.69) is 9.97 Å². The van der Waals surface area contributed by atoms with E-state index in [1.807, 2.05) is 0 Å². The van der Waals surface area contributed by atoms with Gasteiger partial charge in [-0.05, 0) is 0 Å². The lowest BCUT2D eigenvalue weighted by molar-refractivity contribution is 0.279. The number of hydrogen-bond donors (Lipinski definition) is 2. The van der Waals surface area contributed by atoms with Crippen LogP contribution in [0.1, 0.15) is 5.56 Å². The number of aliphatic hydroxyl groups excluding tert-OH is 1. The van der Waals surface area contributed by atoms with E-state index in [-0.39, 0.29) is 17.7 Å². The Balaban J connectivity index is 3.16. The van der Waals surface area contributed by atoms with Crippen LogP contribution in [-0.2, 0) is 6.61 Å². The monoisotopic (exact) mass is 126 g/mol. The Hall–Kier alpha value is -1.16. The lowest BCUT2D eigenvalue weighted by atomic mass is 10.4. The van der Waals surface area contributed by atoms with Crippen LogP contribution in [-0.4, -0.2) is 15.1 Å². The summed E-state index contributed by atoms with van der Waals surface area (Å²) in [6.07, 6.45) is 2.61. The molecule has 1 rings (SSSR count). The van der Waals surface area contributed by atoms with E-state index in [4.69, 9.17) is 5.11 Å². The van der Waals surface area contributed by atoms with Crippen LogP contribution in [0.3, 0.4) is 0 Å². The zero-order valence-electron chi connectivity index (χ0n) is 4.66. The highest BCUT2D eigenvalue weighted by atomic mass is 16.3. The van der Waals surface area contributed by atoms with Crippen LogP contribution in [0.5, 0.6) is 0 Å². The molecule has 0 unspecified atom stereocenters. The van der Waals surface area contributed by atoms with Gasteiger partial charge >= 0.3 is 0 Å². The molecule has 0 saturated carbocycles. The van der Waals surface area contributed by atoms with Crippen molar-refractivity contribution >= 4 is 0 Å². The van der Waals surface area contributed by atoms with E-state index in [9.17, 15) is 4.79 Å². The number of nitrogens with zero attached hydrogens (tertiary/aromatic N) is 1. The number of nitrogens with one attached hydrogen (secondary N) is 1. The number of rotatable bonds is 1. The molecule has 0 amide bonds. The van der Waals surface area contributed by atoms with Crippen molar-refractivity contribution in [3.63, 3.8) is 0 Å². The van der Waals surface area contributed by atoms with Gasteiger partial charge in [-0.3, -0.25) is 4.79 Å². The molecule has 0 atom stereocenters. The zero-order valence-corrected chi connectivity index (χ0v) is 4.66. The predicted octanol–water partition coefficient (Wildman–Crippen LogP) is -0.738. The average Bonchev–Trinajstić information content (AvgIpc) is 1.89. The molecule has 0 fully saturated rings. The minimum Gasteiger partial charge on any atom is -0.391 e. The third-order valence-electron chi connectivity index (χ3n) is 0.963. The lowest BCUT2D eigenvalue weighted by Gasteiger charge is -1.88. The lowest BCUT2D eigenvalue weighted by Crippen LogP contribution is -2.11. The summed E-state index contributed by atoms with van der Waals surface area (Å²) in [5, 5.41) is 8.46. The summed E-state index contributed by atoms with van der Waals surface area (Å²) in [5.41, 5.74) is 0.00463. The summed E-state index contributed by atoms with van der Waals surface area (Å²) in [6.45, 7) is -0.261. The topological polar surface area (TPSA) is 66.0 Å². The Morgan fingerprint density at radius 1 is 1.78 bits per heavy atom. The van der Waals surface area contributed by atoms with Crippen molar-refractivity contribution in [1.82, 2.24) is 9.97 Å². The van der Waals surface area contributed by atoms with E-state index in [0.29, 0.717) is 0 Å². The first-order chi connectivity index (χ1) is 4.34. The van der Waals surface area contributed by atoms with Crippen molar-refractivity contribution in [2.24, 2.45) is 0 Å².